The number of nitrogens with zero attached hydrogens (tertiary/aromatic N) is 2. The molecule has 0 bridgehead atoms. The van der Waals surface area contributed by atoms with Crippen LogP contribution in [-0.2, 0) is 0 Å². The number of aryl methyl sites for hydroxylation is 2. The number of hydrazone groups is 1. The fraction of sp³-hybridized carbons (Fsp3) is 0.562. The van der Waals surface area contributed by atoms with Crippen molar-refractivity contribution in [1.29, 1.82) is 0 Å². The number of hydrogen-bond acceptors (Lipinski definition) is 3. The molecule has 1 fully saturated rings. The minimum Gasteiger partial charge on any atom is -0.507 e. The van der Waals surface area contributed by atoms with Crippen molar-refractivity contribution in [3.05, 3.63) is 28.8 Å². The summed E-state index contributed by atoms with van der Waals surface area (Å²) in [5.41, 5.74) is 2.86. The number of benzene rings is 1. The third kappa shape index (κ3) is 3.09. The molecular weight excluding hydrogens is 236 g/mol. The van der Waals surface area contributed by atoms with Crippen LogP contribution in [0.4, 0.5) is 0 Å². The van der Waals surface area contributed by atoms with E-state index in [-0.39, 0.29) is 0 Å². The van der Waals surface area contributed by atoms with Crippen molar-refractivity contribution in [2.45, 2.75) is 59.0 Å². The molecule has 1 heterocycles. The second-order valence-electron chi connectivity index (χ2n) is 5.76. The first kappa shape index (κ1) is 13.9. The van der Waals surface area contributed by atoms with Gasteiger partial charge in [-0.25, -0.2) is 0 Å². The van der Waals surface area contributed by atoms with Gasteiger partial charge in [0.25, 0.3) is 0 Å². The Hall–Kier alpha value is -1.51. The minimum atomic E-state index is 0.386. The highest BCUT2D eigenvalue weighted by Gasteiger charge is 2.22. The summed E-state index contributed by atoms with van der Waals surface area (Å²) in [6.45, 7) is 8.32. The number of phenols is 1. The summed E-state index contributed by atoms with van der Waals surface area (Å²) in [6.07, 6.45) is 5.65. The standard InChI is InChI=1S/C16H24N2O/c1-11-8-15(9-12(2)16(11)19)10-17-18-13(3)6-5-7-14(18)4/h8-10,13-14,19H,5-7H2,1-4H3/b17-10+/t13-,14-/m0/s1. The molecule has 3 nitrogen and oxygen atoms in total. The van der Waals surface area contributed by atoms with Gasteiger partial charge in [-0.2, -0.15) is 5.10 Å². The molecular formula is C16H24N2O. The van der Waals surface area contributed by atoms with Gasteiger partial charge >= 0.3 is 0 Å². The number of hydrogen-bond donors (Lipinski definition) is 1. The lowest BCUT2D eigenvalue weighted by Crippen LogP contribution is -2.39. The maximum Gasteiger partial charge on any atom is 0.121 e. The summed E-state index contributed by atoms with van der Waals surface area (Å²) in [4.78, 5) is 0. The Balaban J connectivity index is 2.18. The normalized spacial score (nSPS) is 24.1. The van der Waals surface area contributed by atoms with Gasteiger partial charge in [-0.3, -0.25) is 5.01 Å². The van der Waals surface area contributed by atoms with E-state index in [1.165, 1.54) is 19.3 Å². The van der Waals surface area contributed by atoms with Crippen molar-refractivity contribution in [3.8, 4) is 5.75 Å². The van der Waals surface area contributed by atoms with Crippen molar-refractivity contribution in [1.82, 2.24) is 5.01 Å². The van der Waals surface area contributed by atoms with E-state index in [1.54, 1.807) is 0 Å². The van der Waals surface area contributed by atoms with Crippen LogP contribution in [0.3, 0.4) is 0 Å². The smallest absolute Gasteiger partial charge is 0.121 e. The van der Waals surface area contributed by atoms with E-state index in [2.05, 4.69) is 24.0 Å². The van der Waals surface area contributed by atoms with E-state index >= 15 is 0 Å². The average Bonchev–Trinajstić information content (AvgIpc) is 2.35. The van der Waals surface area contributed by atoms with Crippen molar-refractivity contribution in [2.75, 3.05) is 0 Å². The quantitative estimate of drug-likeness (QED) is 0.825. The molecule has 1 saturated heterocycles. The molecule has 1 aliphatic rings. The molecule has 19 heavy (non-hydrogen) atoms. The maximum atomic E-state index is 9.78. The molecule has 0 radical (unpaired) electrons. The fourth-order valence-electron chi connectivity index (χ4n) is 2.83. The molecule has 1 aromatic rings. The molecule has 2 atom stereocenters. The second kappa shape index (κ2) is 5.64. The van der Waals surface area contributed by atoms with Gasteiger partial charge in [-0.1, -0.05) is 0 Å². The Morgan fingerprint density at radius 2 is 1.68 bits per heavy atom. The summed E-state index contributed by atoms with van der Waals surface area (Å²) in [6, 6.07) is 4.98. The highest BCUT2D eigenvalue weighted by atomic mass is 16.3. The Kier molecular flexibility index (Phi) is 4.13. The van der Waals surface area contributed by atoms with Crippen molar-refractivity contribution in [3.63, 3.8) is 0 Å². The zero-order valence-electron chi connectivity index (χ0n) is 12.3. The first-order chi connectivity index (χ1) is 8.99. The number of aromatic hydroxyl groups is 1. The lowest BCUT2D eigenvalue weighted by molar-refractivity contribution is 0.109. The minimum absolute atomic E-state index is 0.386. The molecule has 1 aromatic carbocycles. The van der Waals surface area contributed by atoms with Gasteiger partial charge in [0.2, 0.25) is 0 Å². The molecule has 0 aliphatic carbocycles. The van der Waals surface area contributed by atoms with Gasteiger partial charge in [-0.05, 0) is 75.8 Å². The highest BCUT2D eigenvalue weighted by Crippen LogP contribution is 2.24. The predicted molar refractivity (Wildman–Crippen MR) is 79.8 cm³/mol. The van der Waals surface area contributed by atoms with E-state index in [1.807, 2.05) is 32.2 Å². The Morgan fingerprint density at radius 1 is 1.16 bits per heavy atom. The van der Waals surface area contributed by atoms with Crippen LogP contribution in [0, 0.1) is 13.8 Å². The third-order valence-corrected chi connectivity index (χ3v) is 4.00. The van der Waals surface area contributed by atoms with Crippen LogP contribution in [0.5, 0.6) is 5.75 Å². The summed E-state index contributed by atoms with van der Waals surface area (Å²) >= 11 is 0. The molecule has 0 saturated carbocycles. The van der Waals surface area contributed by atoms with Crippen LogP contribution in [0.1, 0.15) is 49.8 Å². The van der Waals surface area contributed by atoms with E-state index in [4.69, 9.17) is 0 Å². The van der Waals surface area contributed by atoms with Crippen LogP contribution in [0.15, 0.2) is 17.2 Å². The topological polar surface area (TPSA) is 35.8 Å². The van der Waals surface area contributed by atoms with Gasteiger partial charge in [0.05, 0.1) is 6.21 Å². The van der Waals surface area contributed by atoms with E-state index < -0.39 is 0 Å². The monoisotopic (exact) mass is 260 g/mol. The lowest BCUT2D eigenvalue weighted by atomic mass is 10.00. The number of phenolic OH excluding ortho intramolecular Hbond substituents is 1. The molecule has 0 amide bonds. The fourth-order valence-corrected chi connectivity index (χ4v) is 2.83. The predicted octanol–water partition coefficient (Wildman–Crippen LogP) is 3.61. The van der Waals surface area contributed by atoms with Crippen molar-refractivity contribution in [2.24, 2.45) is 5.10 Å². The first-order valence-corrected chi connectivity index (χ1v) is 7.11. The second-order valence-corrected chi connectivity index (χ2v) is 5.76. The summed E-state index contributed by atoms with van der Waals surface area (Å²) in [5.74, 6) is 0.386. The molecule has 1 aliphatic heterocycles. The molecule has 3 heteroatoms. The number of piperidine rings is 1. The van der Waals surface area contributed by atoms with Gasteiger partial charge in [-0.15, -0.1) is 0 Å². The van der Waals surface area contributed by atoms with Crippen LogP contribution >= 0.6 is 0 Å². The van der Waals surface area contributed by atoms with Crippen LogP contribution in [0.2, 0.25) is 0 Å². The zero-order chi connectivity index (χ0) is 14.0. The van der Waals surface area contributed by atoms with E-state index in [0.717, 1.165) is 16.7 Å². The molecule has 0 aromatic heterocycles. The third-order valence-electron chi connectivity index (χ3n) is 4.00. The maximum absolute atomic E-state index is 9.78. The molecule has 0 unspecified atom stereocenters. The first-order valence-electron chi connectivity index (χ1n) is 7.11. The Labute approximate surface area is 115 Å². The summed E-state index contributed by atoms with van der Waals surface area (Å²) in [7, 11) is 0. The van der Waals surface area contributed by atoms with Crippen LogP contribution in [0.25, 0.3) is 0 Å². The zero-order valence-corrected chi connectivity index (χ0v) is 12.3. The SMILES string of the molecule is Cc1cc(/C=N/N2[C@@H](C)CCC[C@@H]2C)cc(C)c1O. The molecule has 0 spiro atoms. The van der Waals surface area contributed by atoms with Gasteiger partial charge in [0, 0.05) is 12.1 Å². The van der Waals surface area contributed by atoms with Gasteiger partial charge < -0.3 is 5.11 Å². The van der Waals surface area contributed by atoms with Gasteiger partial charge in [0.15, 0.2) is 0 Å². The summed E-state index contributed by atoms with van der Waals surface area (Å²) < 4.78 is 0. The number of rotatable bonds is 2. The Bertz CT molecular complexity index is 449. The summed E-state index contributed by atoms with van der Waals surface area (Å²) in [5, 5.41) is 16.6. The molecule has 2 rings (SSSR count). The van der Waals surface area contributed by atoms with Crippen LogP contribution < -0.4 is 0 Å². The molecule has 104 valence electrons. The van der Waals surface area contributed by atoms with Crippen LogP contribution in [-0.4, -0.2) is 28.4 Å². The van der Waals surface area contributed by atoms with E-state index in [0.29, 0.717) is 17.8 Å². The van der Waals surface area contributed by atoms with Crippen molar-refractivity contribution >= 4 is 6.21 Å². The van der Waals surface area contributed by atoms with Gasteiger partial charge in [0.1, 0.15) is 5.75 Å². The lowest BCUT2D eigenvalue weighted by Gasteiger charge is -2.36. The van der Waals surface area contributed by atoms with E-state index in [9.17, 15) is 5.11 Å². The molecule has 1 N–H and O–H groups in total. The average molecular weight is 260 g/mol. The highest BCUT2D eigenvalue weighted by molar-refractivity contribution is 5.80. The van der Waals surface area contributed by atoms with Crippen molar-refractivity contribution < 1.29 is 5.11 Å². The Morgan fingerprint density at radius 3 is 2.21 bits per heavy atom. The largest absolute Gasteiger partial charge is 0.507 e.